The van der Waals surface area contributed by atoms with Crippen LogP contribution < -0.4 is 5.73 Å². The summed E-state index contributed by atoms with van der Waals surface area (Å²) in [6.07, 6.45) is 1.79. The monoisotopic (exact) mass is 180 g/mol. The van der Waals surface area contributed by atoms with Crippen molar-refractivity contribution in [1.82, 2.24) is 14.9 Å². The van der Waals surface area contributed by atoms with Crippen LogP contribution in [0.1, 0.15) is 24.2 Å². The van der Waals surface area contributed by atoms with Crippen LogP contribution in [0.3, 0.4) is 0 Å². The normalized spacial score (nSPS) is 13.3. The van der Waals surface area contributed by atoms with Crippen LogP contribution in [-0.4, -0.2) is 29.0 Å². The van der Waals surface area contributed by atoms with Crippen molar-refractivity contribution < 1.29 is 0 Å². The van der Waals surface area contributed by atoms with E-state index < -0.39 is 0 Å². The molecule has 1 rings (SSSR count). The molecule has 4 nitrogen and oxygen atoms in total. The van der Waals surface area contributed by atoms with Gasteiger partial charge >= 0.3 is 0 Å². The van der Waals surface area contributed by atoms with Gasteiger partial charge in [0.05, 0.1) is 0 Å². The fourth-order valence-corrected chi connectivity index (χ4v) is 1.18. The minimum absolute atomic E-state index is 0.320. The summed E-state index contributed by atoms with van der Waals surface area (Å²) in [5.74, 6) is 0.340. The average Bonchev–Trinajstić information content (AvgIpc) is 2.03. The maximum absolute atomic E-state index is 5.47. The summed E-state index contributed by atoms with van der Waals surface area (Å²) < 4.78 is 0. The van der Waals surface area contributed by atoms with Crippen molar-refractivity contribution in [3.8, 4) is 0 Å². The molecule has 4 heteroatoms. The maximum atomic E-state index is 5.47. The van der Waals surface area contributed by atoms with Crippen molar-refractivity contribution in [2.45, 2.75) is 19.9 Å². The van der Waals surface area contributed by atoms with E-state index in [-0.39, 0.29) is 0 Å². The molecule has 1 heterocycles. The largest absolute Gasteiger partial charge is 0.368 e. The number of hydrogen-bond donors (Lipinski definition) is 1. The first-order valence-corrected chi connectivity index (χ1v) is 4.28. The third-order valence-corrected chi connectivity index (χ3v) is 2.26. The Labute approximate surface area is 78.8 Å². The lowest BCUT2D eigenvalue weighted by Gasteiger charge is -2.20. The first-order chi connectivity index (χ1) is 6.02. The Balaban J connectivity index is 3.01. The number of aromatic nitrogens is 2. The molecule has 0 saturated carbocycles. The second-order valence-electron chi connectivity index (χ2n) is 3.41. The van der Waals surface area contributed by atoms with Gasteiger partial charge in [0.2, 0.25) is 5.95 Å². The number of nitrogens with two attached hydrogens (primary N) is 1. The van der Waals surface area contributed by atoms with Crippen LogP contribution in [0.5, 0.6) is 0 Å². The SMILES string of the molecule is Cc1nc(N)ncc1[C@H](C)N(C)C. The second kappa shape index (κ2) is 3.70. The summed E-state index contributed by atoms with van der Waals surface area (Å²) in [7, 11) is 4.06. The number of rotatable bonds is 2. The van der Waals surface area contributed by atoms with E-state index in [4.69, 9.17) is 5.73 Å². The summed E-state index contributed by atoms with van der Waals surface area (Å²) in [6, 6.07) is 0.320. The minimum atomic E-state index is 0.320. The number of nitrogens with zero attached hydrogens (tertiary/aromatic N) is 3. The summed E-state index contributed by atoms with van der Waals surface area (Å²) >= 11 is 0. The highest BCUT2D eigenvalue weighted by atomic mass is 15.1. The number of aryl methyl sites for hydroxylation is 1. The molecule has 0 aliphatic rings. The zero-order chi connectivity index (χ0) is 10.0. The number of nitrogen functional groups attached to an aromatic ring is 1. The zero-order valence-electron chi connectivity index (χ0n) is 8.57. The predicted molar refractivity (Wildman–Crippen MR) is 53.3 cm³/mol. The van der Waals surface area contributed by atoms with Gasteiger partial charge in [-0.15, -0.1) is 0 Å². The van der Waals surface area contributed by atoms with Gasteiger partial charge < -0.3 is 10.6 Å². The van der Waals surface area contributed by atoms with E-state index in [1.165, 1.54) is 0 Å². The molecule has 0 bridgehead atoms. The minimum Gasteiger partial charge on any atom is -0.368 e. The Morgan fingerprint density at radius 3 is 2.54 bits per heavy atom. The second-order valence-corrected chi connectivity index (χ2v) is 3.41. The predicted octanol–water partition coefficient (Wildman–Crippen LogP) is 0.990. The standard InChI is InChI=1S/C9H16N4/c1-6-8(7(2)13(3)4)5-11-9(10)12-6/h5,7H,1-4H3,(H2,10,11,12)/t7-/m0/s1. The molecule has 0 fully saturated rings. The van der Waals surface area contributed by atoms with Crippen LogP contribution in [0, 0.1) is 6.92 Å². The molecule has 2 N–H and O–H groups in total. The average molecular weight is 180 g/mol. The van der Waals surface area contributed by atoms with Crippen LogP contribution in [0.15, 0.2) is 6.20 Å². The van der Waals surface area contributed by atoms with E-state index >= 15 is 0 Å². The lowest BCUT2D eigenvalue weighted by Crippen LogP contribution is -2.18. The molecule has 0 saturated heterocycles. The van der Waals surface area contributed by atoms with E-state index in [1.54, 1.807) is 6.20 Å². The molecular weight excluding hydrogens is 164 g/mol. The third-order valence-electron chi connectivity index (χ3n) is 2.26. The van der Waals surface area contributed by atoms with Crippen molar-refractivity contribution in [3.05, 3.63) is 17.5 Å². The quantitative estimate of drug-likeness (QED) is 0.737. The molecule has 0 aliphatic heterocycles. The van der Waals surface area contributed by atoms with Crippen LogP contribution in [0.2, 0.25) is 0 Å². The summed E-state index contributed by atoms with van der Waals surface area (Å²) in [5, 5.41) is 0. The first kappa shape index (κ1) is 9.92. The van der Waals surface area contributed by atoms with Gasteiger partial charge in [-0.1, -0.05) is 0 Å². The Bertz CT molecular complexity index is 296. The third kappa shape index (κ3) is 2.15. The zero-order valence-corrected chi connectivity index (χ0v) is 8.57. The maximum Gasteiger partial charge on any atom is 0.220 e. The van der Waals surface area contributed by atoms with Gasteiger partial charge in [-0.25, -0.2) is 9.97 Å². The van der Waals surface area contributed by atoms with E-state index in [0.29, 0.717) is 12.0 Å². The Kier molecular flexibility index (Phi) is 2.83. The molecule has 0 spiro atoms. The fraction of sp³-hybridized carbons (Fsp3) is 0.556. The van der Waals surface area contributed by atoms with Gasteiger partial charge in [0.15, 0.2) is 0 Å². The molecule has 13 heavy (non-hydrogen) atoms. The van der Waals surface area contributed by atoms with E-state index in [1.807, 2.05) is 21.0 Å². The highest BCUT2D eigenvalue weighted by Crippen LogP contribution is 2.18. The first-order valence-electron chi connectivity index (χ1n) is 4.28. The number of hydrogen-bond acceptors (Lipinski definition) is 4. The van der Waals surface area contributed by atoms with E-state index in [9.17, 15) is 0 Å². The highest BCUT2D eigenvalue weighted by molar-refractivity contribution is 5.26. The van der Waals surface area contributed by atoms with E-state index in [0.717, 1.165) is 11.3 Å². The van der Waals surface area contributed by atoms with Crippen molar-refractivity contribution in [2.75, 3.05) is 19.8 Å². The van der Waals surface area contributed by atoms with Gasteiger partial charge in [0, 0.05) is 23.5 Å². The highest BCUT2D eigenvalue weighted by Gasteiger charge is 2.11. The fourth-order valence-electron chi connectivity index (χ4n) is 1.18. The molecule has 1 atom stereocenters. The van der Waals surface area contributed by atoms with Gasteiger partial charge in [0.25, 0.3) is 0 Å². The lowest BCUT2D eigenvalue weighted by atomic mass is 10.1. The molecule has 1 aromatic rings. The molecule has 0 amide bonds. The van der Waals surface area contributed by atoms with E-state index in [2.05, 4.69) is 21.8 Å². The Hall–Kier alpha value is -1.16. The van der Waals surface area contributed by atoms with Crippen LogP contribution in [0.25, 0.3) is 0 Å². The van der Waals surface area contributed by atoms with Gasteiger partial charge in [-0.05, 0) is 27.9 Å². The molecule has 72 valence electrons. The van der Waals surface area contributed by atoms with Gasteiger partial charge in [-0.2, -0.15) is 0 Å². The van der Waals surface area contributed by atoms with Crippen LogP contribution in [0.4, 0.5) is 5.95 Å². The molecule has 0 radical (unpaired) electrons. The lowest BCUT2D eigenvalue weighted by molar-refractivity contribution is 0.319. The van der Waals surface area contributed by atoms with Crippen molar-refractivity contribution >= 4 is 5.95 Å². The molecule has 0 aromatic carbocycles. The van der Waals surface area contributed by atoms with Crippen molar-refractivity contribution in [2.24, 2.45) is 0 Å². The summed E-state index contributed by atoms with van der Waals surface area (Å²) in [5.41, 5.74) is 7.54. The Morgan fingerprint density at radius 1 is 1.46 bits per heavy atom. The summed E-state index contributed by atoms with van der Waals surface area (Å²) in [4.78, 5) is 10.2. The van der Waals surface area contributed by atoms with Crippen molar-refractivity contribution in [1.29, 1.82) is 0 Å². The molecule has 0 unspecified atom stereocenters. The smallest absolute Gasteiger partial charge is 0.220 e. The Morgan fingerprint density at radius 2 is 2.08 bits per heavy atom. The molecule has 1 aromatic heterocycles. The van der Waals surface area contributed by atoms with Crippen molar-refractivity contribution in [3.63, 3.8) is 0 Å². The summed E-state index contributed by atoms with van der Waals surface area (Å²) in [6.45, 7) is 4.06. The van der Waals surface area contributed by atoms with Gasteiger partial charge in [0.1, 0.15) is 0 Å². The number of anilines is 1. The van der Waals surface area contributed by atoms with Crippen LogP contribution in [-0.2, 0) is 0 Å². The molecular formula is C9H16N4. The molecule has 0 aliphatic carbocycles. The van der Waals surface area contributed by atoms with Crippen LogP contribution >= 0.6 is 0 Å². The van der Waals surface area contributed by atoms with Gasteiger partial charge in [-0.3, -0.25) is 0 Å². The topological polar surface area (TPSA) is 55.0 Å².